The van der Waals surface area contributed by atoms with Crippen LogP contribution < -0.4 is 0 Å². The van der Waals surface area contributed by atoms with Crippen LogP contribution >= 0.6 is 13.5 Å². The Balaban J connectivity index is 0. The molecular weight excluding hydrogens is 118 g/mol. The van der Waals surface area contributed by atoms with Gasteiger partial charge in [0, 0.05) is 6.42 Å². The van der Waals surface area contributed by atoms with Crippen LogP contribution in [0.3, 0.4) is 0 Å². The van der Waals surface area contributed by atoms with E-state index in [4.69, 9.17) is 5.26 Å². The van der Waals surface area contributed by atoms with Crippen molar-refractivity contribution < 1.29 is 0 Å². The molecular formula is C6H13NS. The smallest absolute Gasteiger partial charge is 0.0621 e. The van der Waals surface area contributed by atoms with E-state index < -0.39 is 0 Å². The first-order valence-electron chi connectivity index (χ1n) is 2.78. The third-order valence-electron chi connectivity index (χ3n) is 0.892. The van der Waals surface area contributed by atoms with Crippen molar-refractivity contribution in [3.05, 3.63) is 0 Å². The molecule has 0 aliphatic carbocycles. The fourth-order valence-electron chi connectivity index (χ4n) is 0.454. The molecule has 48 valence electrons. The lowest BCUT2D eigenvalue weighted by Crippen LogP contribution is -1.68. The molecule has 0 rings (SSSR count). The molecule has 0 aromatic heterocycles. The molecule has 0 saturated carbocycles. The minimum Gasteiger partial charge on any atom is -0.198 e. The quantitative estimate of drug-likeness (QED) is 0.539. The van der Waals surface area contributed by atoms with E-state index in [2.05, 4.69) is 13.0 Å². The summed E-state index contributed by atoms with van der Waals surface area (Å²) in [5.74, 6) is 0. The molecule has 0 saturated heterocycles. The summed E-state index contributed by atoms with van der Waals surface area (Å²) in [5.41, 5.74) is 0. The summed E-state index contributed by atoms with van der Waals surface area (Å²) < 4.78 is 0. The molecule has 8 heavy (non-hydrogen) atoms. The second kappa shape index (κ2) is 9.96. The number of hydrogen-bond acceptors (Lipinski definition) is 1. The highest BCUT2D eigenvalue weighted by molar-refractivity contribution is 7.59. The molecule has 0 unspecified atom stereocenters. The van der Waals surface area contributed by atoms with Crippen LogP contribution in [0.4, 0.5) is 0 Å². The Kier molecular flexibility index (Phi) is 13.4. The molecule has 0 fully saturated rings. The maximum Gasteiger partial charge on any atom is 0.0621 e. The lowest BCUT2D eigenvalue weighted by molar-refractivity contribution is 0.734. The third kappa shape index (κ3) is 9.28. The van der Waals surface area contributed by atoms with Gasteiger partial charge in [0.25, 0.3) is 0 Å². The van der Waals surface area contributed by atoms with E-state index in [0.29, 0.717) is 0 Å². The molecule has 0 atom stereocenters. The minimum atomic E-state index is 0. The summed E-state index contributed by atoms with van der Waals surface area (Å²) in [6, 6.07) is 2.10. The Bertz CT molecular complexity index is 65.4. The van der Waals surface area contributed by atoms with E-state index in [1.165, 1.54) is 12.8 Å². The number of nitriles is 1. The van der Waals surface area contributed by atoms with Crippen molar-refractivity contribution in [2.75, 3.05) is 0 Å². The van der Waals surface area contributed by atoms with E-state index in [-0.39, 0.29) is 13.5 Å². The van der Waals surface area contributed by atoms with Crippen molar-refractivity contribution in [2.24, 2.45) is 0 Å². The predicted molar refractivity (Wildman–Crippen MR) is 40.1 cm³/mol. The normalized spacial score (nSPS) is 7.00. The summed E-state index contributed by atoms with van der Waals surface area (Å²) in [5, 5.41) is 8.04. The van der Waals surface area contributed by atoms with Crippen molar-refractivity contribution in [1.82, 2.24) is 0 Å². The van der Waals surface area contributed by atoms with Crippen LogP contribution in [0.15, 0.2) is 0 Å². The Morgan fingerprint density at radius 3 is 2.38 bits per heavy atom. The monoisotopic (exact) mass is 131 g/mol. The zero-order chi connectivity index (χ0) is 5.54. The summed E-state index contributed by atoms with van der Waals surface area (Å²) >= 11 is 0. The van der Waals surface area contributed by atoms with Gasteiger partial charge in [0.05, 0.1) is 6.07 Å². The SMILES string of the molecule is CCCCCC#N.S. The zero-order valence-corrected chi connectivity index (χ0v) is 6.28. The van der Waals surface area contributed by atoms with E-state index in [1.807, 2.05) is 0 Å². The molecule has 0 aliphatic rings. The van der Waals surface area contributed by atoms with E-state index in [9.17, 15) is 0 Å². The predicted octanol–water partition coefficient (Wildman–Crippen LogP) is 2.20. The first kappa shape index (κ1) is 10.8. The van der Waals surface area contributed by atoms with Crippen molar-refractivity contribution in [1.29, 1.82) is 5.26 Å². The first-order valence-corrected chi connectivity index (χ1v) is 2.78. The van der Waals surface area contributed by atoms with Gasteiger partial charge in [-0.1, -0.05) is 19.8 Å². The van der Waals surface area contributed by atoms with Gasteiger partial charge in [0.1, 0.15) is 0 Å². The van der Waals surface area contributed by atoms with E-state index >= 15 is 0 Å². The van der Waals surface area contributed by atoms with Crippen molar-refractivity contribution >= 4 is 13.5 Å². The van der Waals surface area contributed by atoms with Gasteiger partial charge in [-0.3, -0.25) is 0 Å². The van der Waals surface area contributed by atoms with Crippen LogP contribution in [0, 0.1) is 11.3 Å². The topological polar surface area (TPSA) is 23.8 Å². The largest absolute Gasteiger partial charge is 0.198 e. The van der Waals surface area contributed by atoms with Gasteiger partial charge in [0.2, 0.25) is 0 Å². The molecule has 0 spiro atoms. The molecule has 0 amide bonds. The molecule has 0 bridgehead atoms. The molecule has 1 nitrogen and oxygen atoms in total. The summed E-state index contributed by atoms with van der Waals surface area (Å²) in [6.07, 6.45) is 4.22. The van der Waals surface area contributed by atoms with Crippen LogP contribution in [-0.4, -0.2) is 0 Å². The van der Waals surface area contributed by atoms with Crippen LogP contribution in [0.1, 0.15) is 32.6 Å². The minimum absolute atomic E-state index is 0. The highest BCUT2D eigenvalue weighted by Crippen LogP contribution is 1.95. The Labute approximate surface area is 58.1 Å². The lowest BCUT2D eigenvalue weighted by Gasteiger charge is -1.84. The zero-order valence-electron chi connectivity index (χ0n) is 5.28. The molecule has 0 aromatic carbocycles. The average Bonchev–Trinajstić information content (AvgIpc) is 1.69. The lowest BCUT2D eigenvalue weighted by atomic mass is 10.2. The fraction of sp³-hybridized carbons (Fsp3) is 0.833. The van der Waals surface area contributed by atoms with Crippen molar-refractivity contribution in [3.63, 3.8) is 0 Å². The first-order chi connectivity index (χ1) is 3.41. The highest BCUT2D eigenvalue weighted by Gasteiger charge is 1.79. The third-order valence-corrected chi connectivity index (χ3v) is 0.892. The standard InChI is InChI=1S/C6H11N.H2S/c1-2-3-4-5-6-7;/h2-5H2,1H3;1H2. The second-order valence-electron chi connectivity index (χ2n) is 1.62. The van der Waals surface area contributed by atoms with Crippen LogP contribution in [-0.2, 0) is 0 Å². The van der Waals surface area contributed by atoms with Gasteiger partial charge in [-0.05, 0) is 6.42 Å². The maximum absolute atomic E-state index is 8.04. The molecule has 2 heteroatoms. The number of nitrogens with zero attached hydrogens (tertiary/aromatic N) is 1. The maximum atomic E-state index is 8.04. The number of rotatable bonds is 3. The number of hydrogen-bond donors (Lipinski definition) is 0. The van der Waals surface area contributed by atoms with E-state index in [0.717, 1.165) is 12.8 Å². The average molecular weight is 131 g/mol. The Morgan fingerprint density at radius 1 is 1.38 bits per heavy atom. The van der Waals surface area contributed by atoms with E-state index in [1.54, 1.807) is 0 Å². The number of unbranched alkanes of at least 4 members (excludes halogenated alkanes) is 3. The molecule has 0 radical (unpaired) electrons. The van der Waals surface area contributed by atoms with Gasteiger partial charge in [-0.25, -0.2) is 0 Å². The van der Waals surface area contributed by atoms with Gasteiger partial charge < -0.3 is 0 Å². The van der Waals surface area contributed by atoms with Gasteiger partial charge in [0.15, 0.2) is 0 Å². The van der Waals surface area contributed by atoms with Gasteiger partial charge in [-0.2, -0.15) is 18.8 Å². The van der Waals surface area contributed by atoms with Crippen molar-refractivity contribution in [2.45, 2.75) is 32.6 Å². The van der Waals surface area contributed by atoms with Crippen LogP contribution in [0.2, 0.25) is 0 Å². The highest BCUT2D eigenvalue weighted by atomic mass is 32.1. The molecule has 0 aliphatic heterocycles. The Hall–Kier alpha value is -0.160. The van der Waals surface area contributed by atoms with Gasteiger partial charge >= 0.3 is 0 Å². The van der Waals surface area contributed by atoms with Crippen molar-refractivity contribution in [3.8, 4) is 6.07 Å². The summed E-state index contributed by atoms with van der Waals surface area (Å²) in [7, 11) is 0. The van der Waals surface area contributed by atoms with Gasteiger partial charge in [-0.15, -0.1) is 0 Å². The van der Waals surface area contributed by atoms with Crippen LogP contribution in [0.25, 0.3) is 0 Å². The molecule has 0 N–H and O–H groups in total. The summed E-state index contributed by atoms with van der Waals surface area (Å²) in [6.45, 7) is 2.14. The summed E-state index contributed by atoms with van der Waals surface area (Å²) in [4.78, 5) is 0. The molecule has 0 aromatic rings. The molecule has 0 heterocycles. The second-order valence-corrected chi connectivity index (χ2v) is 1.62. The fourth-order valence-corrected chi connectivity index (χ4v) is 0.454. The Morgan fingerprint density at radius 2 is 2.00 bits per heavy atom. The van der Waals surface area contributed by atoms with Crippen LogP contribution in [0.5, 0.6) is 0 Å².